The van der Waals surface area contributed by atoms with E-state index in [1.54, 1.807) is 12.1 Å². The van der Waals surface area contributed by atoms with Gasteiger partial charge in [0.15, 0.2) is 11.5 Å². The van der Waals surface area contributed by atoms with Gasteiger partial charge in [-0.05, 0) is 91.2 Å². The molecular weight excluding hydrogens is 434 g/mol. The maximum Gasteiger partial charge on any atom is 0.255 e. The molecule has 2 aromatic heterocycles. The summed E-state index contributed by atoms with van der Waals surface area (Å²) in [5.74, 6) is -0.354. The number of nitrogens with one attached hydrogen (secondary N) is 1. The summed E-state index contributed by atoms with van der Waals surface area (Å²) < 4.78 is 28.6. The number of pyridine rings is 1. The Morgan fingerprint density at radius 3 is 2.35 bits per heavy atom. The lowest BCUT2D eigenvalue weighted by Gasteiger charge is -2.11. The van der Waals surface area contributed by atoms with Crippen LogP contribution in [0.2, 0.25) is 0 Å². The smallest absolute Gasteiger partial charge is 0.255 e. The van der Waals surface area contributed by atoms with E-state index in [1.807, 2.05) is 48.7 Å². The lowest BCUT2D eigenvalue weighted by atomic mass is 9.99. The van der Waals surface area contributed by atoms with Gasteiger partial charge in [0.1, 0.15) is 11.6 Å². The fraction of sp³-hybridized carbons (Fsp3) is 0.0741. The van der Waals surface area contributed by atoms with Crippen molar-refractivity contribution < 1.29 is 13.6 Å². The molecule has 0 unspecified atom stereocenters. The molecule has 168 valence electrons. The molecule has 0 saturated heterocycles. The number of carbonyl (C=O) groups is 1. The molecule has 0 bridgehead atoms. The first-order valence-corrected chi connectivity index (χ1v) is 10.7. The van der Waals surface area contributed by atoms with Gasteiger partial charge in [-0.1, -0.05) is 12.1 Å². The van der Waals surface area contributed by atoms with Crippen LogP contribution in [0.5, 0.6) is 0 Å². The van der Waals surface area contributed by atoms with Gasteiger partial charge in [-0.2, -0.15) is 0 Å². The second-order valence-corrected chi connectivity index (χ2v) is 8.09. The van der Waals surface area contributed by atoms with E-state index < -0.39 is 0 Å². The molecule has 2 heterocycles. The fourth-order valence-electron chi connectivity index (χ4n) is 3.97. The number of carbonyl (C=O) groups excluding carboxylic acids is 1. The van der Waals surface area contributed by atoms with Crippen LogP contribution >= 0.6 is 0 Å². The largest absolute Gasteiger partial charge is 0.322 e. The van der Waals surface area contributed by atoms with Gasteiger partial charge in [0, 0.05) is 28.6 Å². The van der Waals surface area contributed by atoms with Crippen LogP contribution < -0.4 is 5.32 Å². The molecule has 0 radical (unpaired) electrons. The Kier molecular flexibility index (Phi) is 5.37. The predicted octanol–water partition coefficient (Wildman–Crippen LogP) is 6.21. The van der Waals surface area contributed by atoms with Crippen molar-refractivity contribution in [1.29, 1.82) is 0 Å². The van der Waals surface area contributed by atoms with Crippen molar-refractivity contribution in [2.45, 2.75) is 13.8 Å². The fourth-order valence-corrected chi connectivity index (χ4v) is 3.97. The van der Waals surface area contributed by atoms with Crippen LogP contribution in [0.25, 0.3) is 28.2 Å². The molecule has 1 N–H and O–H groups in total. The third kappa shape index (κ3) is 3.92. The molecule has 5 nitrogen and oxygen atoms in total. The monoisotopic (exact) mass is 454 g/mol. The zero-order valence-electron chi connectivity index (χ0n) is 18.5. The van der Waals surface area contributed by atoms with E-state index in [1.165, 1.54) is 36.4 Å². The number of fused-ring (bicyclic) bond motifs is 1. The van der Waals surface area contributed by atoms with E-state index >= 15 is 0 Å². The number of amides is 1. The number of hydrogen-bond donors (Lipinski definition) is 1. The lowest BCUT2D eigenvalue weighted by Crippen LogP contribution is -2.13. The van der Waals surface area contributed by atoms with E-state index in [2.05, 4.69) is 15.5 Å². The van der Waals surface area contributed by atoms with Crippen LogP contribution in [-0.2, 0) is 0 Å². The Labute approximate surface area is 194 Å². The maximum absolute atomic E-state index is 13.6. The Morgan fingerprint density at radius 2 is 1.59 bits per heavy atom. The average molecular weight is 454 g/mol. The molecule has 0 atom stereocenters. The molecule has 0 aliphatic carbocycles. The summed E-state index contributed by atoms with van der Waals surface area (Å²) in [6, 6.07) is 19.6. The van der Waals surface area contributed by atoms with Crippen LogP contribution in [-0.4, -0.2) is 20.5 Å². The number of hydrogen-bond acceptors (Lipinski definition) is 3. The van der Waals surface area contributed by atoms with Crippen LogP contribution in [0.3, 0.4) is 0 Å². The second kappa shape index (κ2) is 8.51. The maximum atomic E-state index is 13.6. The number of anilines is 1. The average Bonchev–Trinajstić information content (AvgIpc) is 3.25. The molecule has 0 fully saturated rings. The molecule has 1 amide bonds. The van der Waals surface area contributed by atoms with Gasteiger partial charge >= 0.3 is 0 Å². The molecule has 3 aromatic carbocycles. The van der Waals surface area contributed by atoms with Crippen molar-refractivity contribution in [2.75, 3.05) is 5.32 Å². The Morgan fingerprint density at radius 1 is 0.824 bits per heavy atom. The predicted molar refractivity (Wildman–Crippen MR) is 128 cm³/mol. The minimum Gasteiger partial charge on any atom is -0.322 e. The number of halogens is 2. The Bertz CT molecular complexity index is 1540. The topological polar surface area (TPSA) is 59.3 Å². The highest BCUT2D eigenvalue weighted by molar-refractivity contribution is 6.06. The van der Waals surface area contributed by atoms with Gasteiger partial charge in [-0.3, -0.25) is 9.20 Å². The van der Waals surface area contributed by atoms with Gasteiger partial charge in [0.25, 0.3) is 5.91 Å². The van der Waals surface area contributed by atoms with Crippen molar-refractivity contribution in [3.05, 3.63) is 107 Å². The second-order valence-electron chi connectivity index (χ2n) is 8.09. The van der Waals surface area contributed by atoms with Crippen LogP contribution in [0.4, 0.5) is 14.5 Å². The van der Waals surface area contributed by atoms with Crippen LogP contribution in [0.1, 0.15) is 21.5 Å². The molecular formula is C27H20F2N4O. The first kappa shape index (κ1) is 21.5. The lowest BCUT2D eigenvalue weighted by molar-refractivity contribution is 0.102. The number of nitrogens with zero attached hydrogens (tertiary/aromatic N) is 3. The highest BCUT2D eigenvalue weighted by Crippen LogP contribution is 2.30. The summed E-state index contributed by atoms with van der Waals surface area (Å²) >= 11 is 0. The highest BCUT2D eigenvalue weighted by Gasteiger charge is 2.16. The van der Waals surface area contributed by atoms with Crippen molar-refractivity contribution in [2.24, 2.45) is 0 Å². The third-order valence-electron chi connectivity index (χ3n) is 5.76. The molecule has 0 aliphatic heterocycles. The summed E-state index contributed by atoms with van der Waals surface area (Å²) in [4.78, 5) is 13.0. The van der Waals surface area contributed by atoms with Crippen molar-refractivity contribution in [1.82, 2.24) is 14.6 Å². The summed E-state index contributed by atoms with van der Waals surface area (Å²) in [7, 11) is 0. The molecule has 5 aromatic rings. The quantitative estimate of drug-likeness (QED) is 0.351. The van der Waals surface area contributed by atoms with Gasteiger partial charge in [0.2, 0.25) is 0 Å². The van der Waals surface area contributed by atoms with Crippen LogP contribution in [0.15, 0.2) is 79.0 Å². The SMILES string of the molecule is Cc1ccc(-c2cccn3c(-c4ccc(F)cc4C)nnc23)cc1C(=O)Nc1ccc(F)cc1. The first-order valence-electron chi connectivity index (χ1n) is 10.7. The third-order valence-corrected chi connectivity index (χ3v) is 5.76. The number of rotatable bonds is 4. The van der Waals surface area contributed by atoms with Gasteiger partial charge in [-0.15, -0.1) is 10.2 Å². The van der Waals surface area contributed by atoms with E-state index in [0.29, 0.717) is 22.7 Å². The number of aryl methyl sites for hydroxylation is 2. The minimum atomic E-state index is -0.368. The summed E-state index contributed by atoms with van der Waals surface area (Å²) in [6.45, 7) is 3.69. The molecule has 34 heavy (non-hydrogen) atoms. The van der Waals surface area contributed by atoms with Crippen molar-refractivity contribution in [3.8, 4) is 22.5 Å². The first-order chi connectivity index (χ1) is 16.4. The number of aromatic nitrogens is 3. The summed E-state index contributed by atoms with van der Waals surface area (Å²) in [5.41, 5.74) is 5.58. The Hall–Kier alpha value is -4.39. The van der Waals surface area contributed by atoms with E-state index in [9.17, 15) is 13.6 Å². The normalized spacial score (nSPS) is 11.1. The van der Waals surface area contributed by atoms with Crippen molar-refractivity contribution in [3.63, 3.8) is 0 Å². The van der Waals surface area contributed by atoms with E-state index in [-0.39, 0.29) is 17.5 Å². The standard InChI is InChI=1S/C27H20F2N4O/c1-16-5-6-18(15-24(16)27(34)30-21-10-7-19(28)8-11-21)23-4-3-13-33-25(31-32-26(23)33)22-12-9-20(29)14-17(22)2/h3-15H,1-2H3,(H,30,34). The highest BCUT2D eigenvalue weighted by atomic mass is 19.1. The summed E-state index contributed by atoms with van der Waals surface area (Å²) in [5, 5.41) is 11.6. The van der Waals surface area contributed by atoms with Gasteiger partial charge in [0.05, 0.1) is 0 Å². The molecule has 0 aliphatic rings. The van der Waals surface area contributed by atoms with Crippen molar-refractivity contribution >= 4 is 17.2 Å². The minimum absolute atomic E-state index is 0.290. The molecule has 7 heteroatoms. The van der Waals surface area contributed by atoms with Gasteiger partial charge < -0.3 is 5.32 Å². The van der Waals surface area contributed by atoms with Crippen LogP contribution in [0, 0.1) is 25.5 Å². The van der Waals surface area contributed by atoms with Gasteiger partial charge in [-0.25, -0.2) is 8.78 Å². The summed E-state index contributed by atoms with van der Waals surface area (Å²) in [6.07, 6.45) is 1.85. The zero-order valence-corrected chi connectivity index (χ0v) is 18.5. The molecule has 0 saturated carbocycles. The zero-order chi connectivity index (χ0) is 23.8. The molecule has 0 spiro atoms. The van der Waals surface area contributed by atoms with E-state index in [4.69, 9.17) is 0 Å². The Balaban J connectivity index is 1.55. The van der Waals surface area contributed by atoms with E-state index in [0.717, 1.165) is 27.8 Å². The molecule has 5 rings (SSSR count). The number of benzene rings is 3.